The van der Waals surface area contributed by atoms with Gasteiger partial charge in [0.25, 0.3) is 5.91 Å². The fourth-order valence-corrected chi connectivity index (χ4v) is 2.95. The highest BCUT2D eigenvalue weighted by Gasteiger charge is 2.16. The topological polar surface area (TPSA) is 58.2 Å². The van der Waals surface area contributed by atoms with E-state index in [1.54, 1.807) is 6.07 Å². The molecule has 0 aliphatic heterocycles. The molecule has 1 heterocycles. The van der Waals surface area contributed by atoms with E-state index in [0.717, 1.165) is 12.8 Å². The molecule has 104 valence electrons. The fraction of sp³-hybridized carbons (Fsp3) is 0.571. The van der Waals surface area contributed by atoms with Crippen molar-refractivity contribution in [1.29, 1.82) is 0 Å². The van der Waals surface area contributed by atoms with E-state index in [4.69, 9.17) is 0 Å². The Morgan fingerprint density at radius 1 is 1.32 bits per heavy atom. The van der Waals surface area contributed by atoms with Crippen LogP contribution in [0.1, 0.15) is 48.9 Å². The smallest absolute Gasteiger partial charge is 0.252 e. The zero-order valence-corrected chi connectivity index (χ0v) is 11.8. The van der Waals surface area contributed by atoms with Gasteiger partial charge in [0, 0.05) is 30.0 Å². The lowest BCUT2D eigenvalue weighted by Gasteiger charge is -2.11. The van der Waals surface area contributed by atoms with Crippen molar-refractivity contribution in [3.05, 3.63) is 22.4 Å². The molecule has 1 aromatic rings. The summed E-state index contributed by atoms with van der Waals surface area (Å²) in [6, 6.07) is 2.18. The van der Waals surface area contributed by atoms with Gasteiger partial charge in [-0.05, 0) is 30.7 Å². The number of hydrogen-bond acceptors (Lipinski definition) is 3. The van der Waals surface area contributed by atoms with E-state index in [2.05, 4.69) is 10.6 Å². The monoisotopic (exact) mass is 280 g/mol. The van der Waals surface area contributed by atoms with E-state index in [0.29, 0.717) is 31.0 Å². The van der Waals surface area contributed by atoms with Gasteiger partial charge in [-0.1, -0.05) is 12.8 Å². The molecule has 0 spiro atoms. The van der Waals surface area contributed by atoms with Crippen molar-refractivity contribution in [2.75, 3.05) is 6.54 Å². The number of carbonyl (C=O) groups is 2. The van der Waals surface area contributed by atoms with Gasteiger partial charge in [-0.2, -0.15) is 11.3 Å². The van der Waals surface area contributed by atoms with Gasteiger partial charge in [0.2, 0.25) is 5.91 Å². The van der Waals surface area contributed by atoms with Gasteiger partial charge >= 0.3 is 0 Å². The summed E-state index contributed by atoms with van der Waals surface area (Å²) in [5.74, 6) is 0.0501. The number of rotatable bonds is 6. The molecule has 4 nitrogen and oxygen atoms in total. The molecule has 2 N–H and O–H groups in total. The van der Waals surface area contributed by atoms with Crippen molar-refractivity contribution >= 4 is 23.2 Å². The average Bonchev–Trinajstić information content (AvgIpc) is 3.06. The molecule has 1 saturated carbocycles. The van der Waals surface area contributed by atoms with E-state index in [1.807, 2.05) is 10.8 Å². The quantitative estimate of drug-likeness (QED) is 0.786. The Morgan fingerprint density at radius 3 is 2.79 bits per heavy atom. The SMILES string of the molecule is O=C(CCCNC(=O)c1ccsc1)NC1CCCC1. The predicted molar refractivity (Wildman–Crippen MR) is 76.3 cm³/mol. The zero-order chi connectivity index (χ0) is 13.5. The molecule has 2 rings (SSSR count). The molecule has 1 aliphatic rings. The standard InChI is InChI=1S/C14H20N2O2S/c17-13(16-12-4-1-2-5-12)6-3-8-15-14(18)11-7-9-19-10-11/h7,9-10,12H,1-6,8H2,(H,15,18)(H,16,17). The number of carbonyl (C=O) groups excluding carboxylic acids is 2. The largest absolute Gasteiger partial charge is 0.353 e. The molecule has 0 saturated heterocycles. The third-order valence-corrected chi connectivity index (χ3v) is 4.05. The summed E-state index contributed by atoms with van der Waals surface area (Å²) in [5.41, 5.74) is 0.695. The molecule has 0 aromatic carbocycles. The molecule has 1 fully saturated rings. The van der Waals surface area contributed by atoms with Gasteiger partial charge in [-0.15, -0.1) is 0 Å². The van der Waals surface area contributed by atoms with Crippen LogP contribution < -0.4 is 10.6 Å². The van der Waals surface area contributed by atoms with Crippen LogP contribution in [0.15, 0.2) is 16.8 Å². The van der Waals surface area contributed by atoms with Crippen molar-refractivity contribution in [3.8, 4) is 0 Å². The van der Waals surface area contributed by atoms with Crippen LogP contribution in [-0.4, -0.2) is 24.4 Å². The van der Waals surface area contributed by atoms with Crippen LogP contribution in [-0.2, 0) is 4.79 Å². The maximum absolute atomic E-state index is 11.7. The lowest BCUT2D eigenvalue weighted by Crippen LogP contribution is -2.33. The molecule has 2 amide bonds. The number of nitrogens with one attached hydrogen (secondary N) is 2. The first-order chi connectivity index (χ1) is 9.25. The van der Waals surface area contributed by atoms with Crippen molar-refractivity contribution in [1.82, 2.24) is 10.6 Å². The van der Waals surface area contributed by atoms with Crippen LogP contribution in [0.4, 0.5) is 0 Å². The second-order valence-corrected chi connectivity index (χ2v) is 5.70. The Labute approximate surface area is 117 Å². The summed E-state index contributed by atoms with van der Waals surface area (Å²) in [5, 5.41) is 9.57. The zero-order valence-electron chi connectivity index (χ0n) is 11.0. The molecule has 1 aromatic heterocycles. The molecule has 1 aliphatic carbocycles. The Balaban J connectivity index is 1.56. The summed E-state index contributed by atoms with van der Waals surface area (Å²) < 4.78 is 0. The lowest BCUT2D eigenvalue weighted by atomic mass is 10.2. The van der Waals surface area contributed by atoms with Crippen molar-refractivity contribution in [2.24, 2.45) is 0 Å². The number of amides is 2. The maximum atomic E-state index is 11.7. The molecular weight excluding hydrogens is 260 g/mol. The lowest BCUT2D eigenvalue weighted by molar-refractivity contribution is -0.121. The van der Waals surface area contributed by atoms with Crippen LogP contribution in [0.5, 0.6) is 0 Å². The summed E-state index contributed by atoms with van der Waals surface area (Å²) in [6.07, 6.45) is 5.85. The van der Waals surface area contributed by atoms with Crippen LogP contribution in [0.25, 0.3) is 0 Å². The van der Waals surface area contributed by atoms with Gasteiger partial charge < -0.3 is 10.6 Å². The molecule has 0 unspecified atom stereocenters. The van der Waals surface area contributed by atoms with Gasteiger partial charge in [-0.25, -0.2) is 0 Å². The van der Waals surface area contributed by atoms with Gasteiger partial charge in [0.1, 0.15) is 0 Å². The number of thiophene rings is 1. The van der Waals surface area contributed by atoms with Crippen molar-refractivity contribution < 1.29 is 9.59 Å². The molecule has 0 bridgehead atoms. The Morgan fingerprint density at radius 2 is 2.11 bits per heavy atom. The van der Waals surface area contributed by atoms with Crippen LogP contribution in [0.2, 0.25) is 0 Å². The first kappa shape index (κ1) is 14.1. The van der Waals surface area contributed by atoms with Gasteiger partial charge in [-0.3, -0.25) is 9.59 Å². The first-order valence-corrected chi connectivity index (χ1v) is 7.80. The second-order valence-electron chi connectivity index (χ2n) is 4.92. The van der Waals surface area contributed by atoms with E-state index in [1.165, 1.54) is 24.2 Å². The summed E-state index contributed by atoms with van der Waals surface area (Å²) in [4.78, 5) is 23.3. The minimum absolute atomic E-state index is 0.0579. The van der Waals surface area contributed by atoms with Gasteiger partial charge in [0.05, 0.1) is 0 Å². The maximum Gasteiger partial charge on any atom is 0.252 e. The molecule has 0 radical (unpaired) electrons. The minimum Gasteiger partial charge on any atom is -0.353 e. The highest BCUT2D eigenvalue weighted by atomic mass is 32.1. The second kappa shape index (κ2) is 7.28. The van der Waals surface area contributed by atoms with E-state index in [9.17, 15) is 9.59 Å². The normalized spacial score (nSPS) is 15.4. The first-order valence-electron chi connectivity index (χ1n) is 6.85. The molecular formula is C14H20N2O2S. The fourth-order valence-electron chi connectivity index (χ4n) is 2.32. The van der Waals surface area contributed by atoms with Crippen LogP contribution in [0, 0.1) is 0 Å². The van der Waals surface area contributed by atoms with Crippen molar-refractivity contribution in [2.45, 2.75) is 44.6 Å². The van der Waals surface area contributed by atoms with Crippen LogP contribution >= 0.6 is 11.3 Å². The van der Waals surface area contributed by atoms with Crippen molar-refractivity contribution in [3.63, 3.8) is 0 Å². The number of hydrogen-bond donors (Lipinski definition) is 2. The highest BCUT2D eigenvalue weighted by Crippen LogP contribution is 2.17. The summed E-state index contributed by atoms with van der Waals surface area (Å²) >= 11 is 1.50. The van der Waals surface area contributed by atoms with Gasteiger partial charge in [0.15, 0.2) is 0 Å². The third-order valence-electron chi connectivity index (χ3n) is 3.37. The van der Waals surface area contributed by atoms with Crippen LogP contribution in [0.3, 0.4) is 0 Å². The predicted octanol–water partition coefficient (Wildman–Crippen LogP) is 2.32. The van der Waals surface area contributed by atoms with E-state index < -0.39 is 0 Å². The molecule has 5 heteroatoms. The third kappa shape index (κ3) is 4.67. The van der Waals surface area contributed by atoms with E-state index >= 15 is 0 Å². The summed E-state index contributed by atoms with van der Waals surface area (Å²) in [7, 11) is 0. The Bertz CT molecular complexity index is 411. The molecule has 19 heavy (non-hydrogen) atoms. The Kier molecular flexibility index (Phi) is 5.39. The highest BCUT2D eigenvalue weighted by molar-refractivity contribution is 7.08. The average molecular weight is 280 g/mol. The summed E-state index contributed by atoms with van der Waals surface area (Å²) in [6.45, 7) is 0.548. The Hall–Kier alpha value is -1.36. The van der Waals surface area contributed by atoms with E-state index in [-0.39, 0.29) is 11.8 Å². The molecule has 0 atom stereocenters. The minimum atomic E-state index is -0.0579.